The van der Waals surface area contributed by atoms with Gasteiger partial charge in [-0.2, -0.15) is 0 Å². The molecule has 0 amide bonds. The van der Waals surface area contributed by atoms with Crippen LogP contribution in [0.1, 0.15) is 58.8 Å². The summed E-state index contributed by atoms with van der Waals surface area (Å²) in [6.45, 7) is 3.97. The summed E-state index contributed by atoms with van der Waals surface area (Å²) in [6.07, 6.45) is 14.9. The standard InChI is InChI=1S/C22H34O5/c1-4-5-15-22(2,26)16-9-10-17-13-14-19(23)18(17)11-7-6-8-12-20(24)21(25)27-3/h6-10,12,17-18,20,24,26H,4-5,11,13-16H2,1-3H3/t17-,18+,20?,22?/m0/s1. The molecular weight excluding hydrogens is 344 g/mol. The Morgan fingerprint density at radius 3 is 2.78 bits per heavy atom. The molecule has 0 spiro atoms. The van der Waals surface area contributed by atoms with Crippen LogP contribution in [-0.4, -0.2) is 40.8 Å². The van der Waals surface area contributed by atoms with Crippen molar-refractivity contribution in [1.29, 1.82) is 0 Å². The number of carbonyl (C=O) groups excluding carboxylic acids is 2. The third kappa shape index (κ3) is 8.67. The minimum absolute atomic E-state index is 0.0444. The number of Topliss-reactive ketones (excluding diaryl/α,β-unsaturated/α-hetero) is 1. The summed E-state index contributed by atoms with van der Waals surface area (Å²) in [5.74, 6) is -0.276. The molecule has 5 heteroatoms. The van der Waals surface area contributed by atoms with Gasteiger partial charge < -0.3 is 14.9 Å². The molecule has 0 radical (unpaired) electrons. The van der Waals surface area contributed by atoms with E-state index in [0.717, 1.165) is 25.7 Å². The Bertz CT molecular complexity index is 559. The lowest BCUT2D eigenvalue weighted by atomic mass is 9.90. The van der Waals surface area contributed by atoms with Crippen LogP contribution in [-0.2, 0) is 14.3 Å². The molecular formula is C22H34O5. The quantitative estimate of drug-likeness (QED) is 0.327. The average molecular weight is 379 g/mol. The Morgan fingerprint density at radius 1 is 1.37 bits per heavy atom. The highest BCUT2D eigenvalue weighted by molar-refractivity contribution is 5.83. The molecule has 1 fully saturated rings. The molecule has 4 atom stereocenters. The molecule has 0 aromatic carbocycles. The first kappa shape index (κ1) is 23.3. The van der Waals surface area contributed by atoms with Gasteiger partial charge in [0.2, 0.25) is 0 Å². The third-order valence-corrected chi connectivity index (χ3v) is 5.04. The number of rotatable bonds is 11. The number of ether oxygens (including phenoxy) is 1. The van der Waals surface area contributed by atoms with Gasteiger partial charge in [-0.15, -0.1) is 0 Å². The minimum atomic E-state index is -1.27. The van der Waals surface area contributed by atoms with E-state index in [4.69, 9.17) is 0 Å². The van der Waals surface area contributed by atoms with Crippen molar-refractivity contribution in [3.8, 4) is 0 Å². The van der Waals surface area contributed by atoms with Gasteiger partial charge in [-0.1, -0.05) is 50.1 Å². The molecule has 2 N–H and O–H groups in total. The fourth-order valence-corrected chi connectivity index (χ4v) is 3.30. The number of aliphatic hydroxyl groups is 2. The highest BCUT2D eigenvalue weighted by Gasteiger charge is 2.31. The molecule has 152 valence electrons. The zero-order valence-corrected chi connectivity index (χ0v) is 16.8. The van der Waals surface area contributed by atoms with Crippen LogP contribution < -0.4 is 0 Å². The molecule has 2 unspecified atom stereocenters. The van der Waals surface area contributed by atoms with Crippen LogP contribution >= 0.6 is 0 Å². The number of allylic oxidation sites excluding steroid dienone is 4. The van der Waals surface area contributed by atoms with Gasteiger partial charge in [-0.25, -0.2) is 4.79 Å². The molecule has 5 nitrogen and oxygen atoms in total. The van der Waals surface area contributed by atoms with E-state index < -0.39 is 17.7 Å². The van der Waals surface area contributed by atoms with Crippen LogP contribution in [0.5, 0.6) is 0 Å². The van der Waals surface area contributed by atoms with Gasteiger partial charge in [-0.05, 0) is 44.6 Å². The van der Waals surface area contributed by atoms with Crippen molar-refractivity contribution in [2.45, 2.75) is 70.5 Å². The summed E-state index contributed by atoms with van der Waals surface area (Å²) >= 11 is 0. The summed E-state index contributed by atoms with van der Waals surface area (Å²) in [7, 11) is 1.22. The fourth-order valence-electron chi connectivity index (χ4n) is 3.30. The van der Waals surface area contributed by atoms with Crippen molar-refractivity contribution in [3.05, 3.63) is 36.5 Å². The van der Waals surface area contributed by atoms with Crippen molar-refractivity contribution < 1.29 is 24.5 Å². The predicted octanol–water partition coefficient (Wildman–Crippen LogP) is 3.51. The van der Waals surface area contributed by atoms with E-state index in [1.54, 1.807) is 12.2 Å². The Balaban J connectivity index is 2.52. The molecule has 1 saturated carbocycles. The van der Waals surface area contributed by atoms with Crippen LogP contribution in [0, 0.1) is 11.8 Å². The molecule has 0 bridgehead atoms. The van der Waals surface area contributed by atoms with Crippen LogP contribution in [0.4, 0.5) is 0 Å². The number of hydrogen-bond donors (Lipinski definition) is 2. The Morgan fingerprint density at radius 2 is 2.11 bits per heavy atom. The topological polar surface area (TPSA) is 83.8 Å². The monoisotopic (exact) mass is 378 g/mol. The van der Waals surface area contributed by atoms with Gasteiger partial charge in [0, 0.05) is 12.3 Å². The molecule has 0 aromatic rings. The number of carbonyl (C=O) groups is 2. The molecule has 27 heavy (non-hydrogen) atoms. The second-order valence-corrected chi connectivity index (χ2v) is 7.52. The predicted molar refractivity (Wildman–Crippen MR) is 106 cm³/mol. The van der Waals surface area contributed by atoms with Crippen LogP contribution in [0.2, 0.25) is 0 Å². The number of esters is 1. The molecule has 1 aliphatic carbocycles. The van der Waals surface area contributed by atoms with Crippen LogP contribution in [0.15, 0.2) is 36.5 Å². The van der Waals surface area contributed by atoms with Crippen molar-refractivity contribution in [1.82, 2.24) is 0 Å². The number of ketones is 1. The van der Waals surface area contributed by atoms with Gasteiger partial charge in [0.05, 0.1) is 12.7 Å². The van der Waals surface area contributed by atoms with Crippen molar-refractivity contribution in [2.75, 3.05) is 7.11 Å². The summed E-state index contributed by atoms with van der Waals surface area (Å²) in [5.41, 5.74) is -0.685. The van der Waals surface area contributed by atoms with Gasteiger partial charge in [-0.3, -0.25) is 4.79 Å². The second-order valence-electron chi connectivity index (χ2n) is 7.52. The second kappa shape index (κ2) is 11.9. The number of unbranched alkanes of at least 4 members (excludes halogenated alkanes) is 1. The summed E-state index contributed by atoms with van der Waals surface area (Å²) in [6, 6.07) is 0. The van der Waals surface area contributed by atoms with E-state index in [-0.39, 0.29) is 17.6 Å². The lowest BCUT2D eigenvalue weighted by Gasteiger charge is -2.21. The highest BCUT2D eigenvalue weighted by atomic mass is 16.5. The van der Waals surface area contributed by atoms with Crippen molar-refractivity contribution in [3.63, 3.8) is 0 Å². The lowest BCUT2D eigenvalue weighted by Crippen LogP contribution is -2.22. The molecule has 0 aromatic heterocycles. The van der Waals surface area contributed by atoms with Gasteiger partial charge in [0.15, 0.2) is 6.10 Å². The van der Waals surface area contributed by atoms with E-state index >= 15 is 0 Å². The molecule has 1 aliphatic rings. The first-order valence-corrected chi connectivity index (χ1v) is 9.81. The van der Waals surface area contributed by atoms with E-state index in [2.05, 4.69) is 17.7 Å². The average Bonchev–Trinajstić information content (AvgIpc) is 2.98. The molecule has 1 rings (SSSR count). The summed E-state index contributed by atoms with van der Waals surface area (Å²) in [5, 5.41) is 19.8. The normalized spacial score (nSPS) is 24.1. The van der Waals surface area contributed by atoms with Crippen LogP contribution in [0.3, 0.4) is 0 Å². The highest BCUT2D eigenvalue weighted by Crippen LogP contribution is 2.33. The Hall–Kier alpha value is -1.72. The first-order chi connectivity index (χ1) is 12.8. The Kier molecular flexibility index (Phi) is 10.3. The maximum absolute atomic E-state index is 12.1. The van der Waals surface area contributed by atoms with E-state index in [9.17, 15) is 19.8 Å². The van der Waals surface area contributed by atoms with Crippen molar-refractivity contribution >= 4 is 11.8 Å². The van der Waals surface area contributed by atoms with Crippen molar-refractivity contribution in [2.24, 2.45) is 11.8 Å². The maximum Gasteiger partial charge on any atom is 0.338 e. The third-order valence-electron chi connectivity index (χ3n) is 5.04. The molecule has 0 saturated heterocycles. The maximum atomic E-state index is 12.1. The van der Waals surface area contributed by atoms with E-state index in [0.29, 0.717) is 19.3 Å². The van der Waals surface area contributed by atoms with E-state index in [1.165, 1.54) is 13.2 Å². The SMILES string of the molecule is CCCCC(C)(O)CC=C[C@H]1CCC(=O)[C@@H]1CC=CC=CC(O)C(=O)OC. The van der Waals surface area contributed by atoms with E-state index in [1.807, 2.05) is 19.1 Å². The largest absolute Gasteiger partial charge is 0.467 e. The first-order valence-electron chi connectivity index (χ1n) is 9.81. The molecule has 0 heterocycles. The number of methoxy groups -OCH3 is 1. The van der Waals surface area contributed by atoms with Gasteiger partial charge >= 0.3 is 5.97 Å². The summed E-state index contributed by atoms with van der Waals surface area (Å²) in [4.78, 5) is 23.2. The zero-order valence-electron chi connectivity index (χ0n) is 16.8. The number of hydrogen-bond acceptors (Lipinski definition) is 5. The van der Waals surface area contributed by atoms with Gasteiger partial charge in [0.25, 0.3) is 0 Å². The minimum Gasteiger partial charge on any atom is -0.467 e. The molecule has 0 aliphatic heterocycles. The summed E-state index contributed by atoms with van der Waals surface area (Å²) < 4.78 is 4.43. The lowest BCUT2D eigenvalue weighted by molar-refractivity contribution is -0.147. The fraction of sp³-hybridized carbons (Fsp3) is 0.636. The smallest absolute Gasteiger partial charge is 0.338 e. The Labute approximate surface area is 162 Å². The number of aliphatic hydroxyl groups excluding tert-OH is 1. The van der Waals surface area contributed by atoms with Crippen LogP contribution in [0.25, 0.3) is 0 Å². The zero-order chi connectivity index (χ0) is 20.3. The van der Waals surface area contributed by atoms with Gasteiger partial charge in [0.1, 0.15) is 5.78 Å².